The molecule has 1 aromatic carbocycles. The van der Waals surface area contributed by atoms with Crippen molar-refractivity contribution in [1.29, 1.82) is 0 Å². The molecule has 1 saturated carbocycles. The lowest BCUT2D eigenvalue weighted by Gasteiger charge is -2.43. The fraction of sp³-hybridized carbons (Fsp3) is 0.545. The summed E-state index contributed by atoms with van der Waals surface area (Å²) in [6.45, 7) is 3.38. The quantitative estimate of drug-likeness (QED) is 0.561. The second-order valence-corrected chi connectivity index (χ2v) is 8.78. The molecule has 0 bridgehead atoms. The number of amides is 2. The fourth-order valence-electron chi connectivity index (χ4n) is 3.91. The Morgan fingerprint density at radius 2 is 2.11 bits per heavy atom. The highest BCUT2D eigenvalue weighted by atomic mass is 32.2. The summed E-state index contributed by atoms with van der Waals surface area (Å²) in [4.78, 5) is 28.3. The first-order valence-electron chi connectivity index (χ1n) is 10.1. The molecular weight excluding hydrogens is 372 g/mol. The van der Waals surface area contributed by atoms with Crippen molar-refractivity contribution in [2.75, 3.05) is 26.8 Å². The van der Waals surface area contributed by atoms with Crippen molar-refractivity contribution in [1.82, 2.24) is 10.2 Å². The van der Waals surface area contributed by atoms with Gasteiger partial charge in [0.15, 0.2) is 0 Å². The zero-order chi connectivity index (χ0) is 19.9. The van der Waals surface area contributed by atoms with Crippen molar-refractivity contribution >= 4 is 29.7 Å². The topological polar surface area (TPSA) is 58.6 Å². The van der Waals surface area contributed by atoms with Crippen LogP contribution in [-0.2, 0) is 14.3 Å². The molecule has 2 unspecified atom stereocenters. The number of methoxy groups -OCH3 is 1. The number of ether oxygens (including phenoxy) is 1. The van der Waals surface area contributed by atoms with Gasteiger partial charge in [-0.15, -0.1) is 11.8 Å². The Morgan fingerprint density at radius 1 is 1.32 bits per heavy atom. The van der Waals surface area contributed by atoms with Gasteiger partial charge in [-0.2, -0.15) is 0 Å². The SMILES string of the molecule is COCCCNC(=O)CN1C(=O)/C(=C/c2ccccc2C)SC2CCCCC21. The maximum Gasteiger partial charge on any atom is 0.261 e. The van der Waals surface area contributed by atoms with Crippen molar-refractivity contribution in [3.05, 3.63) is 40.3 Å². The molecule has 1 heterocycles. The molecule has 152 valence electrons. The Kier molecular flexibility index (Phi) is 7.57. The summed E-state index contributed by atoms with van der Waals surface area (Å²) in [6.07, 6.45) is 7.17. The molecule has 1 aliphatic carbocycles. The number of fused-ring (bicyclic) bond motifs is 1. The second kappa shape index (κ2) is 10.1. The number of nitrogens with zero attached hydrogens (tertiary/aromatic N) is 1. The summed E-state index contributed by atoms with van der Waals surface area (Å²) in [6, 6.07) is 8.25. The van der Waals surface area contributed by atoms with E-state index in [1.807, 2.05) is 29.2 Å². The van der Waals surface area contributed by atoms with Gasteiger partial charge >= 0.3 is 0 Å². The Balaban J connectivity index is 1.75. The molecule has 2 fully saturated rings. The van der Waals surface area contributed by atoms with Crippen molar-refractivity contribution in [3.63, 3.8) is 0 Å². The van der Waals surface area contributed by atoms with Gasteiger partial charge in [-0.3, -0.25) is 9.59 Å². The van der Waals surface area contributed by atoms with Crippen molar-refractivity contribution in [2.45, 2.75) is 50.3 Å². The molecule has 1 saturated heterocycles. The van der Waals surface area contributed by atoms with Gasteiger partial charge in [0.1, 0.15) is 6.54 Å². The van der Waals surface area contributed by atoms with Crippen LogP contribution in [-0.4, -0.2) is 54.8 Å². The number of nitrogens with one attached hydrogen (secondary N) is 1. The maximum absolute atomic E-state index is 13.2. The molecule has 2 amide bonds. The number of thioether (sulfide) groups is 1. The summed E-state index contributed by atoms with van der Waals surface area (Å²) in [5, 5.41) is 3.29. The molecule has 28 heavy (non-hydrogen) atoms. The Bertz CT molecular complexity index is 734. The van der Waals surface area contributed by atoms with Crippen LogP contribution in [0.1, 0.15) is 43.2 Å². The van der Waals surface area contributed by atoms with Crippen LogP contribution >= 0.6 is 11.8 Å². The molecule has 0 aromatic heterocycles. The summed E-state index contributed by atoms with van der Waals surface area (Å²) < 4.78 is 5.02. The minimum Gasteiger partial charge on any atom is -0.385 e. The third kappa shape index (κ3) is 5.17. The molecule has 2 atom stereocenters. The number of rotatable bonds is 7. The lowest BCUT2D eigenvalue weighted by atomic mass is 9.93. The number of carbonyl (C=O) groups is 2. The first kappa shape index (κ1) is 20.9. The normalized spacial score (nSPS) is 23.6. The predicted molar refractivity (Wildman–Crippen MR) is 114 cm³/mol. The van der Waals surface area contributed by atoms with E-state index in [2.05, 4.69) is 18.3 Å². The minimum atomic E-state index is -0.0871. The standard InChI is InChI=1S/C22H30N2O3S/c1-16-8-3-4-9-17(16)14-20-22(26)24(15-21(25)23-12-7-13-27-2)18-10-5-6-11-19(18)28-20/h3-4,8-9,14,18-19H,5-7,10-13,15H2,1-2H3,(H,23,25)/b20-14-. The van der Waals surface area contributed by atoms with Gasteiger partial charge in [-0.05, 0) is 43.4 Å². The highest BCUT2D eigenvalue weighted by Crippen LogP contribution is 2.42. The molecule has 1 aliphatic heterocycles. The molecular formula is C22H30N2O3S. The average Bonchev–Trinajstić information content (AvgIpc) is 2.70. The minimum absolute atomic E-state index is 0.0107. The Morgan fingerprint density at radius 3 is 2.89 bits per heavy atom. The summed E-state index contributed by atoms with van der Waals surface area (Å²) in [5.74, 6) is -0.0978. The molecule has 5 nitrogen and oxygen atoms in total. The smallest absolute Gasteiger partial charge is 0.261 e. The first-order valence-corrected chi connectivity index (χ1v) is 11.0. The lowest BCUT2D eigenvalue weighted by molar-refractivity contribution is -0.135. The largest absolute Gasteiger partial charge is 0.385 e. The van der Waals surface area contributed by atoms with E-state index in [4.69, 9.17) is 4.74 Å². The van der Waals surface area contributed by atoms with E-state index >= 15 is 0 Å². The fourth-order valence-corrected chi connectivity index (χ4v) is 5.37. The maximum atomic E-state index is 13.2. The number of benzene rings is 1. The number of carbonyl (C=O) groups excluding carboxylic acids is 2. The monoisotopic (exact) mass is 402 g/mol. The second-order valence-electron chi connectivity index (χ2n) is 7.50. The van der Waals surface area contributed by atoms with Gasteiger partial charge in [0.05, 0.1) is 4.91 Å². The number of hydrogen-bond acceptors (Lipinski definition) is 4. The van der Waals surface area contributed by atoms with Crippen LogP contribution in [0.15, 0.2) is 29.2 Å². The van der Waals surface area contributed by atoms with Gasteiger partial charge in [-0.25, -0.2) is 0 Å². The summed E-state index contributed by atoms with van der Waals surface area (Å²) >= 11 is 1.70. The highest BCUT2D eigenvalue weighted by Gasteiger charge is 2.41. The molecule has 1 N–H and O–H groups in total. The van der Waals surface area contributed by atoms with Crippen LogP contribution in [0, 0.1) is 6.92 Å². The van der Waals surface area contributed by atoms with Crippen molar-refractivity contribution in [3.8, 4) is 0 Å². The van der Waals surface area contributed by atoms with E-state index in [0.29, 0.717) is 18.4 Å². The molecule has 6 heteroatoms. The third-order valence-corrected chi connectivity index (χ3v) is 6.85. The first-order chi connectivity index (χ1) is 13.6. The molecule has 2 aliphatic rings. The van der Waals surface area contributed by atoms with Crippen LogP contribution < -0.4 is 5.32 Å². The van der Waals surface area contributed by atoms with Gasteiger partial charge in [0.25, 0.3) is 5.91 Å². The lowest BCUT2D eigenvalue weighted by Crippen LogP contribution is -2.54. The molecule has 1 aromatic rings. The van der Waals surface area contributed by atoms with Crippen LogP contribution in [0.3, 0.4) is 0 Å². The predicted octanol–water partition coefficient (Wildman–Crippen LogP) is 3.38. The van der Waals surface area contributed by atoms with Crippen molar-refractivity contribution in [2.24, 2.45) is 0 Å². The Hall–Kier alpha value is -1.79. The van der Waals surface area contributed by atoms with E-state index in [9.17, 15) is 9.59 Å². The highest BCUT2D eigenvalue weighted by molar-refractivity contribution is 8.04. The molecule has 3 rings (SSSR count). The van der Waals surface area contributed by atoms with E-state index in [1.165, 1.54) is 6.42 Å². The van der Waals surface area contributed by atoms with Gasteiger partial charge in [0, 0.05) is 31.6 Å². The Labute approximate surface area is 171 Å². The van der Waals surface area contributed by atoms with Gasteiger partial charge < -0.3 is 15.0 Å². The zero-order valence-corrected chi connectivity index (χ0v) is 17.6. The van der Waals surface area contributed by atoms with Crippen molar-refractivity contribution < 1.29 is 14.3 Å². The third-order valence-electron chi connectivity index (χ3n) is 5.45. The zero-order valence-electron chi connectivity index (χ0n) is 16.8. The summed E-state index contributed by atoms with van der Waals surface area (Å²) in [7, 11) is 1.65. The van der Waals surface area contributed by atoms with E-state index in [-0.39, 0.29) is 24.4 Å². The van der Waals surface area contributed by atoms with Gasteiger partial charge in [0.2, 0.25) is 5.91 Å². The van der Waals surface area contributed by atoms with Crippen LogP contribution in [0.5, 0.6) is 0 Å². The van der Waals surface area contributed by atoms with Crippen LogP contribution in [0.4, 0.5) is 0 Å². The van der Waals surface area contributed by atoms with E-state index in [1.54, 1.807) is 18.9 Å². The number of hydrogen-bond donors (Lipinski definition) is 1. The van der Waals surface area contributed by atoms with Crippen LogP contribution in [0.25, 0.3) is 6.08 Å². The van der Waals surface area contributed by atoms with Crippen LogP contribution in [0.2, 0.25) is 0 Å². The van der Waals surface area contributed by atoms with E-state index < -0.39 is 0 Å². The number of aryl methyl sites for hydroxylation is 1. The average molecular weight is 403 g/mol. The molecule has 0 spiro atoms. The van der Waals surface area contributed by atoms with E-state index in [0.717, 1.165) is 41.7 Å². The summed E-state index contributed by atoms with van der Waals surface area (Å²) in [5.41, 5.74) is 2.22. The van der Waals surface area contributed by atoms with Gasteiger partial charge in [-0.1, -0.05) is 37.1 Å². The molecule has 0 radical (unpaired) electrons.